The Kier molecular flexibility index (Phi) is 5.79. The van der Waals surface area contributed by atoms with Crippen molar-refractivity contribution in [2.24, 2.45) is 0 Å². The van der Waals surface area contributed by atoms with Crippen LogP contribution >= 0.6 is 11.6 Å². The lowest BCUT2D eigenvalue weighted by atomic mass is 10.0. The average Bonchev–Trinajstić information content (AvgIpc) is 2.67. The highest BCUT2D eigenvalue weighted by Crippen LogP contribution is 2.31. The van der Waals surface area contributed by atoms with Gasteiger partial charge in [-0.15, -0.1) is 0 Å². The largest absolute Gasteiger partial charge is 0.465 e. The van der Waals surface area contributed by atoms with E-state index in [1.165, 1.54) is 9.47 Å². The van der Waals surface area contributed by atoms with Gasteiger partial charge in [-0.1, -0.05) is 23.7 Å². The number of nitrogens with zero attached hydrogens (tertiary/aromatic N) is 4. The molecule has 0 spiro atoms. The fourth-order valence-electron chi connectivity index (χ4n) is 3.86. The number of amides is 1. The molecule has 1 unspecified atom stereocenters. The first-order valence-corrected chi connectivity index (χ1v) is 10.1. The third-order valence-electron chi connectivity index (χ3n) is 5.23. The molecule has 0 saturated heterocycles. The highest BCUT2D eigenvalue weighted by Gasteiger charge is 2.35. The minimum absolute atomic E-state index is 0.236. The Balaban J connectivity index is 2.47. The van der Waals surface area contributed by atoms with Crippen LogP contribution in [0.4, 0.5) is 4.79 Å². The van der Waals surface area contributed by atoms with E-state index in [1.54, 1.807) is 71.0 Å². The van der Waals surface area contributed by atoms with Crippen molar-refractivity contribution in [1.82, 2.24) is 14.5 Å². The van der Waals surface area contributed by atoms with Crippen LogP contribution in [0, 0.1) is 18.3 Å². The second-order valence-electron chi connectivity index (χ2n) is 8.31. The lowest BCUT2D eigenvalue weighted by Gasteiger charge is -2.38. The number of benzene rings is 2. The number of halogens is 1. The summed E-state index contributed by atoms with van der Waals surface area (Å²) in [5.74, 6) is 0.246. The number of fused-ring (bicyclic) bond motifs is 1. The maximum atomic E-state index is 13.7. The summed E-state index contributed by atoms with van der Waals surface area (Å²) in [7, 11) is 0. The number of rotatable bonds is 3. The summed E-state index contributed by atoms with van der Waals surface area (Å²) in [6, 6.07) is 11.4. The molecule has 0 radical (unpaired) electrons. The fraction of sp³-hybridized carbons (Fsp3) is 0.304. The highest BCUT2D eigenvalue weighted by atomic mass is 35.5. The van der Waals surface area contributed by atoms with Gasteiger partial charge in [-0.25, -0.2) is 9.78 Å². The van der Waals surface area contributed by atoms with Crippen LogP contribution in [0.25, 0.3) is 16.6 Å². The molecule has 3 rings (SSSR count). The number of aromatic nitrogens is 2. The van der Waals surface area contributed by atoms with Crippen molar-refractivity contribution < 1.29 is 9.90 Å². The van der Waals surface area contributed by atoms with Crippen LogP contribution < -0.4 is 5.56 Å². The maximum absolute atomic E-state index is 13.7. The van der Waals surface area contributed by atoms with Gasteiger partial charge in [0.1, 0.15) is 5.82 Å². The van der Waals surface area contributed by atoms with Gasteiger partial charge in [-0.3, -0.25) is 14.3 Å². The van der Waals surface area contributed by atoms with Crippen molar-refractivity contribution in [1.29, 1.82) is 5.26 Å². The summed E-state index contributed by atoms with van der Waals surface area (Å²) in [6.07, 6.45) is -1.13. The van der Waals surface area contributed by atoms with Crippen LogP contribution in [0.3, 0.4) is 0 Å². The van der Waals surface area contributed by atoms with Crippen molar-refractivity contribution >= 4 is 28.6 Å². The van der Waals surface area contributed by atoms with Crippen molar-refractivity contribution in [2.75, 3.05) is 0 Å². The van der Waals surface area contributed by atoms with Gasteiger partial charge >= 0.3 is 6.09 Å². The van der Waals surface area contributed by atoms with E-state index in [-0.39, 0.29) is 16.2 Å². The molecular weight excluding hydrogens is 416 g/mol. The topological polar surface area (TPSA) is 99.2 Å². The molecule has 160 valence electrons. The number of hydrogen-bond acceptors (Lipinski definition) is 4. The monoisotopic (exact) mass is 438 g/mol. The molecule has 0 saturated carbocycles. The number of hydrogen-bond donors (Lipinski definition) is 1. The fourth-order valence-corrected chi connectivity index (χ4v) is 4.11. The molecule has 1 N–H and O–H groups in total. The molecular formula is C23H23ClN4O3. The van der Waals surface area contributed by atoms with E-state index in [9.17, 15) is 20.0 Å². The molecule has 1 amide bonds. The van der Waals surface area contributed by atoms with E-state index in [0.717, 1.165) is 0 Å². The van der Waals surface area contributed by atoms with Gasteiger partial charge in [0.15, 0.2) is 0 Å². The second-order valence-corrected chi connectivity index (χ2v) is 8.71. The molecule has 0 aliphatic carbocycles. The third-order valence-corrected chi connectivity index (χ3v) is 5.54. The quantitative estimate of drug-likeness (QED) is 0.616. The van der Waals surface area contributed by atoms with E-state index in [1.807, 2.05) is 0 Å². The smallest absolute Gasteiger partial charge is 0.408 e. The Morgan fingerprint density at radius 3 is 2.48 bits per heavy atom. The van der Waals surface area contributed by atoms with Gasteiger partial charge in [-0.2, -0.15) is 5.26 Å². The summed E-state index contributed by atoms with van der Waals surface area (Å²) < 4.78 is 1.37. The summed E-state index contributed by atoms with van der Waals surface area (Å²) in [5.41, 5.74) is 0.665. The van der Waals surface area contributed by atoms with Crippen molar-refractivity contribution in [2.45, 2.75) is 46.2 Å². The van der Waals surface area contributed by atoms with Crippen LogP contribution in [0.2, 0.25) is 5.02 Å². The van der Waals surface area contributed by atoms with E-state index in [2.05, 4.69) is 11.1 Å². The van der Waals surface area contributed by atoms with E-state index < -0.39 is 23.2 Å². The lowest BCUT2D eigenvalue weighted by Crippen LogP contribution is -2.47. The van der Waals surface area contributed by atoms with Crippen LogP contribution in [0.1, 0.15) is 50.7 Å². The molecule has 0 bridgehead atoms. The van der Waals surface area contributed by atoms with E-state index in [4.69, 9.17) is 11.6 Å². The minimum atomic E-state index is -1.13. The second kappa shape index (κ2) is 8.05. The Labute approximate surface area is 185 Å². The van der Waals surface area contributed by atoms with Crippen molar-refractivity contribution in [3.63, 3.8) is 0 Å². The Bertz CT molecular complexity index is 1280. The molecule has 0 fully saturated rings. The normalized spacial score (nSPS) is 12.4. The van der Waals surface area contributed by atoms with Gasteiger partial charge in [0.25, 0.3) is 5.56 Å². The predicted octanol–water partition coefficient (Wildman–Crippen LogP) is 5.06. The van der Waals surface area contributed by atoms with Gasteiger partial charge in [0, 0.05) is 5.54 Å². The number of carbonyl (C=O) groups is 1. The third kappa shape index (κ3) is 3.87. The Morgan fingerprint density at radius 2 is 1.90 bits per heavy atom. The average molecular weight is 439 g/mol. The molecule has 0 aliphatic heterocycles. The van der Waals surface area contributed by atoms with Crippen molar-refractivity contribution in [3.8, 4) is 11.8 Å². The summed E-state index contributed by atoms with van der Waals surface area (Å²) in [6.45, 7) is 8.76. The Morgan fingerprint density at radius 1 is 1.26 bits per heavy atom. The van der Waals surface area contributed by atoms with Crippen LogP contribution in [0.15, 0.2) is 41.2 Å². The summed E-state index contributed by atoms with van der Waals surface area (Å²) in [4.78, 5) is 31.7. The molecule has 1 atom stereocenters. The molecule has 1 aromatic heterocycles. The summed E-state index contributed by atoms with van der Waals surface area (Å²) >= 11 is 6.33. The van der Waals surface area contributed by atoms with E-state index in [0.29, 0.717) is 22.3 Å². The molecule has 8 heteroatoms. The maximum Gasteiger partial charge on any atom is 0.408 e. The van der Waals surface area contributed by atoms with Crippen LogP contribution in [0.5, 0.6) is 0 Å². The standard InChI is InChI=1S/C23H23ClN4O3/c1-13-15(12-25)8-6-11-18(13)27-20(14(2)28(22(30)31)23(3,4)5)26-17-10-7-9-16(24)19(17)21(27)29/h6-11,14H,1-5H3,(H,30,31). The molecule has 0 aliphatic rings. The van der Waals surface area contributed by atoms with E-state index >= 15 is 0 Å². The molecule has 3 aromatic rings. The first kappa shape index (κ1) is 22.3. The van der Waals surface area contributed by atoms with Gasteiger partial charge in [0.05, 0.1) is 39.3 Å². The highest BCUT2D eigenvalue weighted by molar-refractivity contribution is 6.35. The SMILES string of the molecule is Cc1c(C#N)cccc1-n1c(C(C)N(C(=O)O)C(C)(C)C)nc2cccc(Cl)c2c1=O. The molecule has 31 heavy (non-hydrogen) atoms. The van der Waals surface area contributed by atoms with Crippen LogP contribution in [-0.4, -0.2) is 31.2 Å². The number of nitriles is 1. The zero-order valence-corrected chi connectivity index (χ0v) is 18.7. The molecule has 7 nitrogen and oxygen atoms in total. The summed E-state index contributed by atoms with van der Waals surface area (Å²) in [5, 5.41) is 19.9. The molecule has 1 heterocycles. The van der Waals surface area contributed by atoms with Gasteiger partial charge < -0.3 is 5.11 Å². The predicted molar refractivity (Wildman–Crippen MR) is 120 cm³/mol. The molecule has 2 aromatic carbocycles. The number of carboxylic acid groups (broad SMARTS) is 1. The first-order chi connectivity index (χ1) is 14.5. The van der Waals surface area contributed by atoms with Gasteiger partial charge in [0.2, 0.25) is 0 Å². The zero-order chi connectivity index (χ0) is 23.1. The first-order valence-electron chi connectivity index (χ1n) is 9.72. The van der Waals surface area contributed by atoms with Gasteiger partial charge in [-0.05, 0) is 64.4 Å². The van der Waals surface area contributed by atoms with Crippen molar-refractivity contribution in [3.05, 3.63) is 68.7 Å². The van der Waals surface area contributed by atoms with Crippen LogP contribution in [-0.2, 0) is 0 Å². The zero-order valence-electron chi connectivity index (χ0n) is 18.0. The Hall–Kier alpha value is -3.37. The minimum Gasteiger partial charge on any atom is -0.465 e. The lowest BCUT2D eigenvalue weighted by molar-refractivity contribution is 0.0719.